The topological polar surface area (TPSA) is 91.4 Å². The van der Waals surface area contributed by atoms with E-state index in [1.165, 1.54) is 0 Å². The molecule has 4 heterocycles. The van der Waals surface area contributed by atoms with Gasteiger partial charge in [0.15, 0.2) is 5.82 Å². The first-order valence-electron chi connectivity index (χ1n) is 8.33. The number of oxazole rings is 1. The number of aromatic nitrogens is 4. The molecule has 2 atom stereocenters. The highest BCUT2D eigenvalue weighted by atomic mass is 16.4. The van der Waals surface area contributed by atoms with Crippen LogP contribution in [-0.4, -0.2) is 50.2 Å². The minimum atomic E-state index is -0.160. The molecule has 2 unspecified atom stereocenters. The van der Waals surface area contributed by atoms with Crippen molar-refractivity contribution < 1.29 is 9.52 Å². The fourth-order valence-electron chi connectivity index (χ4n) is 3.43. The molecule has 25 heavy (non-hydrogen) atoms. The van der Waals surface area contributed by atoms with Crippen LogP contribution in [0.15, 0.2) is 35.0 Å². The summed E-state index contributed by atoms with van der Waals surface area (Å²) in [5, 5.41) is 9.27. The fourth-order valence-corrected chi connectivity index (χ4v) is 3.43. The number of aliphatic hydroxyl groups excluding tert-OH is 1. The average molecular weight is 340 g/mol. The van der Waals surface area contributed by atoms with Gasteiger partial charge in [-0.05, 0) is 32.0 Å². The Kier molecular flexibility index (Phi) is 3.96. The van der Waals surface area contributed by atoms with E-state index in [0.717, 1.165) is 24.4 Å². The number of fused-ring (bicyclic) bond motifs is 1. The lowest BCUT2D eigenvalue weighted by Gasteiger charge is -2.44. The molecule has 1 fully saturated rings. The van der Waals surface area contributed by atoms with Crippen molar-refractivity contribution in [1.29, 1.82) is 0 Å². The number of piperazine rings is 1. The maximum atomic E-state index is 9.27. The van der Waals surface area contributed by atoms with E-state index in [1.54, 1.807) is 12.4 Å². The Morgan fingerprint density at radius 3 is 2.64 bits per heavy atom. The molecule has 0 aliphatic carbocycles. The summed E-state index contributed by atoms with van der Waals surface area (Å²) in [7, 11) is 0. The number of aliphatic hydroxyl groups is 1. The van der Waals surface area contributed by atoms with Crippen LogP contribution in [0.2, 0.25) is 0 Å². The van der Waals surface area contributed by atoms with Crippen LogP contribution in [0.25, 0.3) is 11.2 Å². The molecule has 8 heteroatoms. The maximum absolute atomic E-state index is 9.27. The highest BCUT2D eigenvalue weighted by Crippen LogP contribution is 2.27. The van der Waals surface area contributed by atoms with E-state index in [0.29, 0.717) is 17.6 Å². The van der Waals surface area contributed by atoms with Gasteiger partial charge in [-0.2, -0.15) is 4.98 Å². The lowest BCUT2D eigenvalue weighted by Crippen LogP contribution is -2.57. The molecule has 1 aliphatic heterocycles. The van der Waals surface area contributed by atoms with Crippen LogP contribution >= 0.6 is 0 Å². The van der Waals surface area contributed by atoms with Gasteiger partial charge in [-0.1, -0.05) is 0 Å². The highest BCUT2D eigenvalue weighted by Gasteiger charge is 2.32. The van der Waals surface area contributed by atoms with Gasteiger partial charge in [0.05, 0.1) is 0 Å². The van der Waals surface area contributed by atoms with Crippen molar-refractivity contribution in [2.45, 2.75) is 32.5 Å². The molecule has 0 amide bonds. The van der Waals surface area contributed by atoms with E-state index in [1.807, 2.05) is 18.2 Å². The third-order valence-electron chi connectivity index (χ3n) is 4.44. The Morgan fingerprint density at radius 1 is 1.12 bits per heavy atom. The molecule has 0 saturated carbocycles. The first kappa shape index (κ1) is 15.8. The van der Waals surface area contributed by atoms with Gasteiger partial charge in [-0.3, -0.25) is 0 Å². The van der Waals surface area contributed by atoms with Gasteiger partial charge in [0.1, 0.15) is 17.9 Å². The molecular weight excluding hydrogens is 320 g/mol. The summed E-state index contributed by atoms with van der Waals surface area (Å²) in [5.41, 5.74) is 1.33. The normalized spacial score (nSPS) is 21.1. The van der Waals surface area contributed by atoms with Gasteiger partial charge in [0.25, 0.3) is 6.01 Å². The van der Waals surface area contributed by atoms with Gasteiger partial charge in [0, 0.05) is 37.6 Å². The first-order valence-corrected chi connectivity index (χ1v) is 8.33. The molecule has 1 N–H and O–H groups in total. The minimum absolute atomic E-state index is 0.160. The smallest absolute Gasteiger partial charge is 0.299 e. The van der Waals surface area contributed by atoms with Crippen molar-refractivity contribution in [2.24, 2.45) is 0 Å². The summed E-state index contributed by atoms with van der Waals surface area (Å²) in [6.07, 6.45) is 3.39. The van der Waals surface area contributed by atoms with Crippen LogP contribution < -0.4 is 9.80 Å². The third-order valence-corrected chi connectivity index (χ3v) is 4.44. The Labute approximate surface area is 145 Å². The standard InChI is InChI=1S/C17H20N6O2/c1-11-8-22(17-20-13-4-3-6-19-16(13)25-17)9-12(2)23(11)15-5-7-18-14(10-24)21-15/h3-7,11-12,24H,8-10H2,1-2H3. The second kappa shape index (κ2) is 6.29. The van der Waals surface area contributed by atoms with Crippen LogP contribution in [0.3, 0.4) is 0 Å². The number of hydrogen-bond donors (Lipinski definition) is 1. The molecule has 1 saturated heterocycles. The van der Waals surface area contributed by atoms with Crippen molar-refractivity contribution in [3.8, 4) is 0 Å². The van der Waals surface area contributed by atoms with Gasteiger partial charge in [-0.15, -0.1) is 0 Å². The number of anilines is 2. The van der Waals surface area contributed by atoms with Crippen molar-refractivity contribution in [1.82, 2.24) is 19.9 Å². The monoisotopic (exact) mass is 340 g/mol. The van der Waals surface area contributed by atoms with Gasteiger partial charge in [-0.25, -0.2) is 15.0 Å². The van der Waals surface area contributed by atoms with Crippen molar-refractivity contribution in [3.63, 3.8) is 0 Å². The first-order chi connectivity index (χ1) is 12.2. The van der Waals surface area contributed by atoms with Crippen LogP contribution in [-0.2, 0) is 6.61 Å². The molecule has 0 radical (unpaired) electrons. The molecule has 8 nitrogen and oxygen atoms in total. The van der Waals surface area contributed by atoms with E-state index in [4.69, 9.17) is 4.42 Å². The summed E-state index contributed by atoms with van der Waals surface area (Å²) in [5.74, 6) is 1.27. The largest absolute Gasteiger partial charge is 0.404 e. The molecule has 0 aromatic carbocycles. The van der Waals surface area contributed by atoms with E-state index in [-0.39, 0.29) is 18.7 Å². The maximum Gasteiger partial charge on any atom is 0.299 e. The predicted molar refractivity (Wildman–Crippen MR) is 93.4 cm³/mol. The number of pyridine rings is 1. The second-order valence-corrected chi connectivity index (χ2v) is 6.32. The summed E-state index contributed by atoms with van der Waals surface area (Å²) >= 11 is 0. The summed E-state index contributed by atoms with van der Waals surface area (Å²) in [6, 6.07) is 6.64. The highest BCUT2D eigenvalue weighted by molar-refractivity contribution is 5.70. The van der Waals surface area contributed by atoms with Crippen LogP contribution in [0, 0.1) is 0 Å². The molecule has 0 bridgehead atoms. The SMILES string of the molecule is CC1CN(c2nc3cccnc3o2)CC(C)N1c1ccnc(CO)n1. The van der Waals surface area contributed by atoms with E-state index in [2.05, 4.69) is 43.6 Å². The lowest BCUT2D eigenvalue weighted by molar-refractivity contribution is 0.271. The fraction of sp³-hybridized carbons (Fsp3) is 0.412. The molecule has 130 valence electrons. The Balaban J connectivity index is 1.58. The minimum Gasteiger partial charge on any atom is -0.404 e. The lowest BCUT2D eigenvalue weighted by atomic mass is 10.1. The van der Waals surface area contributed by atoms with Crippen molar-refractivity contribution in [2.75, 3.05) is 22.9 Å². The van der Waals surface area contributed by atoms with Crippen LogP contribution in [0.1, 0.15) is 19.7 Å². The van der Waals surface area contributed by atoms with Gasteiger partial charge >= 0.3 is 0 Å². The molecular formula is C17H20N6O2. The van der Waals surface area contributed by atoms with Crippen molar-refractivity contribution >= 4 is 23.1 Å². The quantitative estimate of drug-likeness (QED) is 0.769. The summed E-state index contributed by atoms with van der Waals surface area (Å²) in [4.78, 5) is 21.7. The molecule has 0 spiro atoms. The Hall–Kier alpha value is -2.74. The number of rotatable bonds is 3. The molecule has 4 rings (SSSR count). The number of nitrogens with zero attached hydrogens (tertiary/aromatic N) is 6. The van der Waals surface area contributed by atoms with Gasteiger partial charge in [0.2, 0.25) is 5.71 Å². The predicted octanol–water partition coefficient (Wildman–Crippen LogP) is 1.61. The Morgan fingerprint density at radius 2 is 1.92 bits per heavy atom. The Bertz CT molecular complexity index is 837. The van der Waals surface area contributed by atoms with E-state index < -0.39 is 0 Å². The zero-order valence-corrected chi connectivity index (χ0v) is 14.2. The second-order valence-electron chi connectivity index (χ2n) is 6.32. The summed E-state index contributed by atoms with van der Waals surface area (Å²) < 4.78 is 5.81. The number of hydrogen-bond acceptors (Lipinski definition) is 8. The average Bonchev–Trinajstić information content (AvgIpc) is 3.05. The molecule has 3 aromatic heterocycles. The van der Waals surface area contributed by atoms with Crippen LogP contribution in [0.4, 0.5) is 11.8 Å². The zero-order chi connectivity index (χ0) is 17.4. The van der Waals surface area contributed by atoms with E-state index in [9.17, 15) is 5.11 Å². The molecule has 3 aromatic rings. The van der Waals surface area contributed by atoms with Crippen molar-refractivity contribution in [3.05, 3.63) is 36.4 Å². The van der Waals surface area contributed by atoms with Gasteiger partial charge < -0.3 is 19.3 Å². The van der Waals surface area contributed by atoms with Crippen LogP contribution in [0.5, 0.6) is 0 Å². The van der Waals surface area contributed by atoms with E-state index >= 15 is 0 Å². The third kappa shape index (κ3) is 2.89. The molecule has 1 aliphatic rings. The summed E-state index contributed by atoms with van der Waals surface area (Å²) in [6.45, 7) is 5.65. The zero-order valence-electron chi connectivity index (χ0n) is 14.2.